The van der Waals surface area contributed by atoms with Gasteiger partial charge in [-0.1, -0.05) is 0 Å². The molecule has 1 aliphatic heterocycles. The molecule has 1 atom stereocenters. The number of carbonyl (C=O) groups is 1. The Morgan fingerprint density at radius 3 is 2.64 bits per heavy atom. The van der Waals surface area contributed by atoms with Crippen molar-refractivity contribution in [2.75, 3.05) is 62.3 Å². The maximum atomic E-state index is 13.3. The molecule has 13 heteroatoms. The van der Waals surface area contributed by atoms with Crippen molar-refractivity contribution in [1.82, 2.24) is 29.8 Å². The van der Waals surface area contributed by atoms with E-state index in [1.807, 2.05) is 36.2 Å². The number of rotatable bonds is 10. The van der Waals surface area contributed by atoms with Crippen molar-refractivity contribution in [1.29, 1.82) is 5.41 Å². The molecule has 13 nitrogen and oxygen atoms in total. The van der Waals surface area contributed by atoms with Crippen molar-refractivity contribution < 1.29 is 13.9 Å². The first-order valence-corrected chi connectivity index (χ1v) is 12.8. The molecule has 3 aromatic heterocycles. The molecule has 204 valence electrons. The number of fused-ring (bicyclic) bond motifs is 1. The number of piperazine rings is 1. The van der Waals surface area contributed by atoms with E-state index in [9.17, 15) is 4.79 Å². The van der Waals surface area contributed by atoms with Crippen LogP contribution in [0.15, 0.2) is 47.1 Å². The second kappa shape index (κ2) is 11.4. The number of furan rings is 1. The van der Waals surface area contributed by atoms with Gasteiger partial charge in [0.05, 0.1) is 11.8 Å². The molecule has 1 saturated heterocycles. The molecule has 1 aromatic carbocycles. The molecule has 1 fully saturated rings. The Labute approximate surface area is 225 Å². The van der Waals surface area contributed by atoms with Crippen LogP contribution in [-0.2, 0) is 4.79 Å². The fourth-order valence-corrected chi connectivity index (χ4v) is 4.48. The van der Waals surface area contributed by atoms with E-state index < -0.39 is 6.04 Å². The lowest BCUT2D eigenvalue weighted by molar-refractivity contribution is -0.131. The summed E-state index contributed by atoms with van der Waals surface area (Å²) in [6.07, 6.45) is 2.65. The van der Waals surface area contributed by atoms with Crippen LogP contribution >= 0.6 is 0 Å². The van der Waals surface area contributed by atoms with Crippen molar-refractivity contribution in [3.05, 3.63) is 48.2 Å². The van der Waals surface area contributed by atoms with Gasteiger partial charge in [0.2, 0.25) is 17.7 Å². The van der Waals surface area contributed by atoms with Gasteiger partial charge in [0.15, 0.2) is 11.4 Å². The normalized spacial score (nSPS) is 14.4. The minimum atomic E-state index is -0.592. The Bertz CT molecular complexity index is 1430. The van der Waals surface area contributed by atoms with Gasteiger partial charge in [-0.05, 0) is 50.4 Å². The number of amides is 1. The van der Waals surface area contributed by atoms with Gasteiger partial charge in [-0.25, -0.2) is 4.98 Å². The van der Waals surface area contributed by atoms with Crippen LogP contribution in [0.1, 0.15) is 12.5 Å². The summed E-state index contributed by atoms with van der Waals surface area (Å²) in [5, 5.41) is 18.5. The number of carbonyl (C=O) groups excluding carboxylic acids is 1. The van der Waals surface area contributed by atoms with Gasteiger partial charge < -0.3 is 40.7 Å². The van der Waals surface area contributed by atoms with Gasteiger partial charge in [0.25, 0.3) is 0 Å². The molecule has 0 aliphatic carbocycles. The Balaban J connectivity index is 1.22. The molecule has 1 aliphatic rings. The third kappa shape index (κ3) is 5.48. The second-order valence-corrected chi connectivity index (χ2v) is 9.15. The summed E-state index contributed by atoms with van der Waals surface area (Å²) in [7, 11) is 1.89. The summed E-state index contributed by atoms with van der Waals surface area (Å²) in [4.78, 5) is 26.2. The monoisotopic (exact) mass is 532 g/mol. The van der Waals surface area contributed by atoms with Gasteiger partial charge in [0.1, 0.15) is 24.2 Å². The van der Waals surface area contributed by atoms with Crippen molar-refractivity contribution in [3.63, 3.8) is 0 Å². The van der Waals surface area contributed by atoms with Crippen molar-refractivity contribution in [2.45, 2.75) is 13.0 Å². The van der Waals surface area contributed by atoms with Crippen LogP contribution in [0.25, 0.3) is 17.2 Å². The molecule has 1 amide bonds. The number of hydrogen-bond acceptors (Lipinski definition) is 11. The van der Waals surface area contributed by atoms with E-state index in [0.29, 0.717) is 48.3 Å². The summed E-state index contributed by atoms with van der Waals surface area (Å²) in [6, 6.07) is 10.9. The summed E-state index contributed by atoms with van der Waals surface area (Å²) in [5.41, 5.74) is 7.96. The van der Waals surface area contributed by atoms with Gasteiger partial charge in [0, 0.05) is 44.6 Å². The average Bonchev–Trinajstić information content (AvgIpc) is 3.65. The number of nitrogens with one attached hydrogen (secondary N) is 3. The molecule has 4 aromatic rings. The van der Waals surface area contributed by atoms with E-state index in [0.717, 1.165) is 37.3 Å². The first-order valence-electron chi connectivity index (χ1n) is 12.8. The Morgan fingerprint density at radius 1 is 1.21 bits per heavy atom. The lowest BCUT2D eigenvalue weighted by atomic mass is 10.2. The third-order valence-electron chi connectivity index (χ3n) is 6.57. The Kier molecular flexibility index (Phi) is 7.59. The number of benzene rings is 1. The highest BCUT2D eigenvalue weighted by molar-refractivity contribution is 5.94. The zero-order chi connectivity index (χ0) is 27.4. The molecule has 0 radical (unpaired) electrons. The largest absolute Gasteiger partial charge is 0.492 e. The van der Waals surface area contributed by atoms with Gasteiger partial charge in [-0.3, -0.25) is 4.79 Å². The molecule has 5 rings (SSSR count). The topological polar surface area (TPSA) is 163 Å². The quantitative estimate of drug-likeness (QED) is 0.175. The maximum absolute atomic E-state index is 13.3. The smallest absolute Gasteiger partial charge is 0.244 e. The molecular weight excluding hydrogens is 500 g/mol. The summed E-state index contributed by atoms with van der Waals surface area (Å²) >= 11 is 0. The molecular formula is C26H32N10O3. The van der Waals surface area contributed by atoms with Gasteiger partial charge >= 0.3 is 0 Å². The van der Waals surface area contributed by atoms with E-state index in [1.54, 1.807) is 19.1 Å². The highest BCUT2D eigenvalue weighted by atomic mass is 16.5. The van der Waals surface area contributed by atoms with Crippen LogP contribution < -0.4 is 26.0 Å². The number of aromatic nitrogens is 4. The fraction of sp³-hybridized carbons (Fsp3) is 0.346. The molecule has 39 heavy (non-hydrogen) atoms. The highest BCUT2D eigenvalue weighted by Gasteiger charge is 2.27. The van der Waals surface area contributed by atoms with Gasteiger partial charge in [-0.2, -0.15) is 9.50 Å². The standard InChI is InChI=1S/C26H32N10O3/c1-17(25(37)35-12-10-34(11-13-35)18-5-7-19(8-6-18)38-15-9-29-2)30-22-20(16-27)24-31-23(21-4-3-14-39-21)33-36(24)26(28)32-22/h3-8,14,16-17,27,29-30H,9-13,15H2,1-2H3,(H2,28,32). The van der Waals surface area contributed by atoms with Crippen LogP contribution in [-0.4, -0.2) is 89.0 Å². The second-order valence-electron chi connectivity index (χ2n) is 9.15. The van der Waals surface area contributed by atoms with E-state index in [-0.39, 0.29) is 11.9 Å². The minimum Gasteiger partial charge on any atom is -0.492 e. The number of hydrogen-bond donors (Lipinski definition) is 4. The van der Waals surface area contributed by atoms with E-state index in [4.69, 9.17) is 20.3 Å². The Hall–Kier alpha value is -4.65. The molecule has 0 bridgehead atoms. The van der Waals surface area contributed by atoms with Crippen LogP contribution in [0.2, 0.25) is 0 Å². The zero-order valence-electron chi connectivity index (χ0n) is 21.9. The SMILES string of the molecule is CNCCOc1ccc(N2CCN(C(=O)C(C)Nc3nc(N)n4nc(-c5ccco5)nc4c3C=N)CC2)cc1. The fourth-order valence-electron chi connectivity index (χ4n) is 4.48. The number of nitrogens with two attached hydrogens (primary N) is 1. The lowest BCUT2D eigenvalue weighted by Crippen LogP contribution is -2.52. The van der Waals surface area contributed by atoms with E-state index in [1.165, 1.54) is 10.8 Å². The van der Waals surface area contributed by atoms with Crippen LogP contribution in [0, 0.1) is 5.41 Å². The molecule has 0 spiro atoms. The molecule has 5 N–H and O–H groups in total. The number of nitrogens with zero attached hydrogens (tertiary/aromatic N) is 6. The third-order valence-corrected chi connectivity index (χ3v) is 6.57. The predicted octanol–water partition coefficient (Wildman–Crippen LogP) is 1.71. The van der Waals surface area contributed by atoms with Crippen LogP contribution in [0.3, 0.4) is 0 Å². The van der Waals surface area contributed by atoms with Crippen molar-refractivity contribution in [3.8, 4) is 17.3 Å². The van der Waals surface area contributed by atoms with E-state index >= 15 is 0 Å². The first-order chi connectivity index (χ1) is 19.0. The van der Waals surface area contributed by atoms with Crippen LogP contribution in [0.5, 0.6) is 5.75 Å². The summed E-state index contributed by atoms with van der Waals surface area (Å²) in [6.45, 7) is 5.80. The van der Waals surface area contributed by atoms with Crippen molar-refractivity contribution in [2.24, 2.45) is 0 Å². The predicted molar refractivity (Wildman–Crippen MR) is 149 cm³/mol. The highest BCUT2D eigenvalue weighted by Crippen LogP contribution is 2.24. The first kappa shape index (κ1) is 26.0. The number of likely N-dealkylation sites (N-methyl/N-ethyl adjacent to an activating group) is 1. The zero-order valence-corrected chi connectivity index (χ0v) is 21.9. The number of anilines is 3. The minimum absolute atomic E-state index is 0.0585. The van der Waals surface area contributed by atoms with Crippen LogP contribution in [0.4, 0.5) is 17.5 Å². The summed E-state index contributed by atoms with van der Waals surface area (Å²) < 4.78 is 12.4. The van der Waals surface area contributed by atoms with Gasteiger partial charge in [-0.15, -0.1) is 5.10 Å². The number of ether oxygens (including phenoxy) is 1. The number of nitrogen functional groups attached to an aromatic ring is 1. The van der Waals surface area contributed by atoms with E-state index in [2.05, 4.69) is 30.6 Å². The molecule has 4 heterocycles. The average molecular weight is 533 g/mol. The molecule has 0 saturated carbocycles. The lowest BCUT2D eigenvalue weighted by Gasteiger charge is -2.37. The van der Waals surface area contributed by atoms with Crippen molar-refractivity contribution >= 4 is 35.2 Å². The Morgan fingerprint density at radius 2 is 1.97 bits per heavy atom. The summed E-state index contributed by atoms with van der Waals surface area (Å²) in [5.74, 6) is 1.95. The maximum Gasteiger partial charge on any atom is 0.244 e. The molecule has 1 unspecified atom stereocenters.